The van der Waals surface area contributed by atoms with Crippen molar-refractivity contribution < 1.29 is 23.8 Å². The van der Waals surface area contributed by atoms with Crippen LogP contribution < -0.4 is 4.74 Å². The molecule has 0 atom stereocenters. The molecule has 0 unspecified atom stereocenters. The maximum absolute atomic E-state index is 12.3. The van der Waals surface area contributed by atoms with Gasteiger partial charge < -0.3 is 14.2 Å². The number of ether oxygens (including phenoxy) is 3. The first kappa shape index (κ1) is 19.2. The molecule has 26 heavy (non-hydrogen) atoms. The lowest BCUT2D eigenvalue weighted by Crippen LogP contribution is -2.30. The molecule has 0 N–H and O–H groups in total. The third kappa shape index (κ3) is 4.51. The van der Waals surface area contributed by atoms with Crippen molar-refractivity contribution in [2.45, 2.75) is 13.8 Å². The Morgan fingerprint density at radius 3 is 2.23 bits per heavy atom. The summed E-state index contributed by atoms with van der Waals surface area (Å²) in [6.45, 7) is 3.44. The lowest BCUT2D eigenvalue weighted by molar-refractivity contribution is -0.149. The first-order valence-corrected chi connectivity index (χ1v) is 8.10. The average Bonchev–Trinajstić information content (AvgIpc) is 2.67. The molecule has 2 aromatic rings. The molecule has 0 heterocycles. The number of para-hydroxylation sites is 1. The number of carbonyl (C=O) groups is 2. The molecular formula is C21H22O5. The SMILES string of the molecule is COC(=O)c1cccc(/C=C(/Oc2ccccc2)C(C)(C)C(=O)OC)c1. The highest BCUT2D eigenvalue weighted by Crippen LogP contribution is 2.32. The van der Waals surface area contributed by atoms with E-state index in [-0.39, 0.29) is 0 Å². The van der Waals surface area contributed by atoms with E-state index in [0.717, 1.165) is 0 Å². The third-order valence-electron chi connectivity index (χ3n) is 3.89. The van der Waals surface area contributed by atoms with Crippen LogP contribution in [-0.2, 0) is 14.3 Å². The van der Waals surface area contributed by atoms with E-state index in [1.165, 1.54) is 14.2 Å². The third-order valence-corrected chi connectivity index (χ3v) is 3.89. The lowest BCUT2D eigenvalue weighted by atomic mass is 9.89. The minimum absolute atomic E-state index is 0.401. The normalized spacial score (nSPS) is 11.6. The summed E-state index contributed by atoms with van der Waals surface area (Å²) in [5, 5.41) is 0. The fraction of sp³-hybridized carbons (Fsp3) is 0.238. The van der Waals surface area contributed by atoms with Crippen LogP contribution >= 0.6 is 0 Å². The number of carbonyl (C=O) groups excluding carboxylic acids is 2. The zero-order valence-electron chi connectivity index (χ0n) is 15.3. The summed E-state index contributed by atoms with van der Waals surface area (Å²) in [6.07, 6.45) is 1.72. The summed E-state index contributed by atoms with van der Waals surface area (Å²) in [5.74, 6) is 0.138. The van der Waals surface area contributed by atoms with Crippen molar-refractivity contribution in [3.8, 4) is 5.75 Å². The van der Waals surface area contributed by atoms with Crippen LogP contribution in [0.2, 0.25) is 0 Å². The Balaban J connectivity index is 2.47. The van der Waals surface area contributed by atoms with E-state index in [4.69, 9.17) is 14.2 Å². The van der Waals surface area contributed by atoms with Crippen LogP contribution in [0.15, 0.2) is 60.4 Å². The second kappa shape index (κ2) is 8.34. The molecule has 0 aliphatic rings. The van der Waals surface area contributed by atoms with Crippen molar-refractivity contribution >= 4 is 18.0 Å². The zero-order chi connectivity index (χ0) is 19.2. The maximum Gasteiger partial charge on any atom is 0.337 e. The highest BCUT2D eigenvalue weighted by Gasteiger charge is 2.35. The molecule has 2 aromatic carbocycles. The highest BCUT2D eigenvalue weighted by atomic mass is 16.5. The van der Waals surface area contributed by atoms with Gasteiger partial charge in [0.15, 0.2) is 0 Å². The first-order chi connectivity index (χ1) is 12.4. The van der Waals surface area contributed by atoms with Gasteiger partial charge in [-0.3, -0.25) is 4.79 Å². The predicted molar refractivity (Wildman–Crippen MR) is 98.6 cm³/mol. The van der Waals surface area contributed by atoms with Crippen molar-refractivity contribution in [1.29, 1.82) is 0 Å². The van der Waals surface area contributed by atoms with E-state index in [1.807, 2.05) is 24.3 Å². The van der Waals surface area contributed by atoms with Crippen LogP contribution in [0.3, 0.4) is 0 Å². The number of rotatable bonds is 6. The molecule has 0 saturated heterocycles. The average molecular weight is 354 g/mol. The molecular weight excluding hydrogens is 332 g/mol. The van der Waals surface area contributed by atoms with Gasteiger partial charge in [-0.1, -0.05) is 30.3 Å². The Kier molecular flexibility index (Phi) is 6.17. The molecule has 0 saturated carbocycles. The molecule has 5 nitrogen and oxygen atoms in total. The van der Waals surface area contributed by atoms with E-state index in [1.54, 1.807) is 50.3 Å². The van der Waals surface area contributed by atoms with Crippen LogP contribution in [0, 0.1) is 5.41 Å². The molecule has 0 radical (unpaired) electrons. The second-order valence-corrected chi connectivity index (χ2v) is 6.16. The van der Waals surface area contributed by atoms with Crippen molar-refractivity contribution in [3.05, 3.63) is 71.5 Å². The summed E-state index contributed by atoms with van der Waals surface area (Å²) < 4.78 is 15.6. The summed E-state index contributed by atoms with van der Waals surface area (Å²) in [4.78, 5) is 24.0. The minimum atomic E-state index is -1.02. The summed E-state index contributed by atoms with van der Waals surface area (Å²) >= 11 is 0. The Bertz CT molecular complexity index is 806. The monoisotopic (exact) mass is 354 g/mol. The summed E-state index contributed by atoms with van der Waals surface area (Å²) in [6, 6.07) is 16.0. The second-order valence-electron chi connectivity index (χ2n) is 6.16. The largest absolute Gasteiger partial charge is 0.468 e. The van der Waals surface area contributed by atoms with Gasteiger partial charge in [0.25, 0.3) is 0 Å². The van der Waals surface area contributed by atoms with E-state index >= 15 is 0 Å². The fourth-order valence-electron chi connectivity index (χ4n) is 2.33. The fourth-order valence-corrected chi connectivity index (χ4v) is 2.33. The van der Waals surface area contributed by atoms with Crippen LogP contribution in [0.4, 0.5) is 0 Å². The smallest absolute Gasteiger partial charge is 0.337 e. The molecule has 0 amide bonds. The lowest BCUT2D eigenvalue weighted by Gasteiger charge is -2.25. The van der Waals surface area contributed by atoms with Gasteiger partial charge in [0.2, 0.25) is 0 Å². The van der Waals surface area contributed by atoms with Gasteiger partial charge >= 0.3 is 11.9 Å². The van der Waals surface area contributed by atoms with Gasteiger partial charge in [-0.2, -0.15) is 0 Å². The standard InChI is InChI=1S/C21H22O5/c1-21(2,20(23)25-4)18(26-17-11-6-5-7-12-17)14-15-9-8-10-16(13-15)19(22)24-3/h5-14H,1-4H3/b18-14+. The van der Waals surface area contributed by atoms with Gasteiger partial charge in [-0.15, -0.1) is 0 Å². The van der Waals surface area contributed by atoms with Gasteiger partial charge in [0, 0.05) is 0 Å². The van der Waals surface area contributed by atoms with Gasteiger partial charge in [0.05, 0.1) is 19.8 Å². The van der Waals surface area contributed by atoms with Crippen LogP contribution in [0.25, 0.3) is 6.08 Å². The molecule has 0 aliphatic carbocycles. The molecule has 5 heteroatoms. The molecule has 0 aromatic heterocycles. The molecule has 0 bridgehead atoms. The van der Waals surface area contributed by atoms with Crippen LogP contribution in [-0.4, -0.2) is 26.2 Å². The summed E-state index contributed by atoms with van der Waals surface area (Å²) in [5.41, 5.74) is 0.0956. The zero-order valence-corrected chi connectivity index (χ0v) is 15.3. The molecule has 0 aliphatic heterocycles. The summed E-state index contributed by atoms with van der Waals surface area (Å²) in [7, 11) is 2.66. The number of hydrogen-bond donors (Lipinski definition) is 0. The topological polar surface area (TPSA) is 61.8 Å². The number of benzene rings is 2. The quantitative estimate of drug-likeness (QED) is 0.577. The van der Waals surface area contributed by atoms with E-state index < -0.39 is 17.4 Å². The Morgan fingerprint density at radius 2 is 1.62 bits per heavy atom. The molecule has 2 rings (SSSR count). The Labute approximate surface area is 153 Å². The number of esters is 2. The van der Waals surface area contributed by atoms with Crippen LogP contribution in [0.5, 0.6) is 5.75 Å². The predicted octanol–water partition coefficient (Wildman–Crippen LogP) is 4.09. The number of hydrogen-bond acceptors (Lipinski definition) is 5. The molecule has 136 valence electrons. The Morgan fingerprint density at radius 1 is 0.923 bits per heavy atom. The van der Waals surface area contributed by atoms with Crippen molar-refractivity contribution in [2.75, 3.05) is 14.2 Å². The van der Waals surface area contributed by atoms with Crippen molar-refractivity contribution in [1.82, 2.24) is 0 Å². The van der Waals surface area contributed by atoms with E-state index in [2.05, 4.69) is 0 Å². The van der Waals surface area contributed by atoms with Gasteiger partial charge in [0.1, 0.15) is 16.9 Å². The maximum atomic E-state index is 12.3. The first-order valence-electron chi connectivity index (χ1n) is 8.10. The highest BCUT2D eigenvalue weighted by molar-refractivity contribution is 5.90. The Hall–Kier alpha value is -3.08. The van der Waals surface area contributed by atoms with E-state index in [0.29, 0.717) is 22.6 Å². The number of methoxy groups -OCH3 is 2. The molecule has 0 spiro atoms. The van der Waals surface area contributed by atoms with Crippen molar-refractivity contribution in [3.63, 3.8) is 0 Å². The van der Waals surface area contributed by atoms with Gasteiger partial charge in [-0.25, -0.2) is 4.79 Å². The van der Waals surface area contributed by atoms with E-state index in [9.17, 15) is 9.59 Å². The van der Waals surface area contributed by atoms with Gasteiger partial charge in [-0.05, 0) is 49.8 Å². The van der Waals surface area contributed by atoms with Crippen molar-refractivity contribution in [2.24, 2.45) is 5.41 Å². The van der Waals surface area contributed by atoms with Crippen LogP contribution in [0.1, 0.15) is 29.8 Å². The minimum Gasteiger partial charge on any atom is -0.468 e. The molecule has 0 fully saturated rings.